The summed E-state index contributed by atoms with van der Waals surface area (Å²) in [5.74, 6) is 0.429. The van der Waals surface area contributed by atoms with Crippen LogP contribution in [0.2, 0.25) is 0 Å². The van der Waals surface area contributed by atoms with Gasteiger partial charge in [0.25, 0.3) is 0 Å². The quantitative estimate of drug-likeness (QED) is 0.548. The summed E-state index contributed by atoms with van der Waals surface area (Å²) in [5.41, 5.74) is 11.2. The fraction of sp³-hybridized carbons (Fsp3) is 0.370. The summed E-state index contributed by atoms with van der Waals surface area (Å²) < 4.78 is 11.7. The van der Waals surface area contributed by atoms with Crippen LogP contribution < -0.4 is 10.5 Å². The second kappa shape index (κ2) is 9.61. The minimum absolute atomic E-state index is 0.113. The molecule has 1 atom stereocenters. The number of aryl methyl sites for hydroxylation is 2. The lowest BCUT2D eigenvalue weighted by molar-refractivity contribution is -0.142. The molecule has 0 radical (unpaired) electrons. The third kappa shape index (κ3) is 4.58. The number of aliphatic hydroxyl groups is 1. The number of ether oxygens (including phenoxy) is 2. The van der Waals surface area contributed by atoms with Gasteiger partial charge in [0, 0.05) is 17.7 Å². The van der Waals surface area contributed by atoms with Crippen LogP contribution in [0.15, 0.2) is 53.8 Å². The average molecular weight is 436 g/mol. The van der Waals surface area contributed by atoms with Crippen LogP contribution in [0.5, 0.6) is 5.75 Å². The summed E-state index contributed by atoms with van der Waals surface area (Å²) >= 11 is 0. The Kier molecular flexibility index (Phi) is 7.09. The average Bonchev–Trinajstić information content (AvgIpc) is 3.02. The van der Waals surface area contributed by atoms with Crippen molar-refractivity contribution in [3.63, 3.8) is 0 Å². The zero-order valence-electron chi connectivity index (χ0n) is 19.6. The Morgan fingerprint density at radius 2 is 1.84 bits per heavy atom. The number of rotatable bonds is 8. The van der Waals surface area contributed by atoms with Crippen molar-refractivity contribution in [3.8, 4) is 5.75 Å². The highest BCUT2D eigenvalue weighted by atomic mass is 16.5. The Morgan fingerprint density at radius 3 is 2.50 bits per heavy atom. The molecule has 0 aromatic heterocycles. The first-order valence-electron chi connectivity index (χ1n) is 11.1. The maximum Gasteiger partial charge on any atom is 0.310 e. The van der Waals surface area contributed by atoms with Crippen molar-refractivity contribution in [2.45, 2.75) is 59.6 Å². The lowest BCUT2D eigenvalue weighted by Gasteiger charge is -2.31. The number of esters is 1. The minimum atomic E-state index is -1.03. The number of benzene rings is 2. The van der Waals surface area contributed by atoms with Crippen molar-refractivity contribution in [1.82, 2.24) is 0 Å². The second-order valence-corrected chi connectivity index (χ2v) is 8.35. The van der Waals surface area contributed by atoms with Gasteiger partial charge in [-0.15, -0.1) is 0 Å². The molecule has 0 amide bonds. The largest absolute Gasteiger partial charge is 0.507 e. The molecule has 0 spiro atoms. The van der Waals surface area contributed by atoms with Crippen LogP contribution in [0.1, 0.15) is 55.0 Å². The lowest BCUT2D eigenvalue weighted by atomic mass is 9.94. The molecule has 1 aliphatic rings. The monoisotopic (exact) mass is 435 g/mol. The van der Waals surface area contributed by atoms with E-state index in [9.17, 15) is 9.90 Å². The molecular formula is C27H33NO4. The Labute approximate surface area is 190 Å². The highest BCUT2D eigenvalue weighted by Crippen LogP contribution is 2.44. The van der Waals surface area contributed by atoms with E-state index in [1.54, 1.807) is 6.92 Å². The summed E-state index contributed by atoms with van der Waals surface area (Å²) in [5, 5.41) is 11.3. The minimum Gasteiger partial charge on any atom is -0.507 e. The number of carbonyl (C=O) groups excluding carboxylic acids is 1. The van der Waals surface area contributed by atoms with Crippen molar-refractivity contribution >= 4 is 11.5 Å². The molecule has 0 saturated carbocycles. The number of aliphatic hydroxyl groups excluding tert-OH is 1. The van der Waals surface area contributed by atoms with Gasteiger partial charge in [0.2, 0.25) is 0 Å². The van der Waals surface area contributed by atoms with Gasteiger partial charge in [-0.3, -0.25) is 4.79 Å². The van der Waals surface area contributed by atoms with E-state index in [1.165, 1.54) is 0 Å². The molecule has 0 bridgehead atoms. The SMILES string of the molecule is CCOC(=O)Cc1cc(C)c(C)cc1OC1(C)C(CC)=CC(c2cccc(CN)c2)=C1O. The van der Waals surface area contributed by atoms with E-state index in [-0.39, 0.29) is 18.1 Å². The zero-order valence-corrected chi connectivity index (χ0v) is 19.6. The number of hydrogen-bond acceptors (Lipinski definition) is 5. The van der Waals surface area contributed by atoms with Gasteiger partial charge < -0.3 is 20.3 Å². The molecule has 0 fully saturated rings. The summed E-state index contributed by atoms with van der Waals surface area (Å²) in [6, 6.07) is 11.7. The molecule has 1 aliphatic carbocycles. The van der Waals surface area contributed by atoms with Gasteiger partial charge in [-0.1, -0.05) is 31.2 Å². The molecule has 32 heavy (non-hydrogen) atoms. The van der Waals surface area contributed by atoms with Crippen LogP contribution in [-0.4, -0.2) is 23.3 Å². The zero-order chi connectivity index (χ0) is 23.5. The van der Waals surface area contributed by atoms with Crippen molar-refractivity contribution < 1.29 is 19.4 Å². The molecule has 0 saturated heterocycles. The molecular weight excluding hydrogens is 402 g/mol. The molecule has 0 aliphatic heterocycles. The maximum atomic E-state index is 12.2. The number of hydrogen-bond donors (Lipinski definition) is 2. The van der Waals surface area contributed by atoms with E-state index in [0.29, 0.717) is 25.3 Å². The highest BCUT2D eigenvalue weighted by Gasteiger charge is 2.42. The summed E-state index contributed by atoms with van der Waals surface area (Å²) in [6.45, 7) is 10.5. The van der Waals surface area contributed by atoms with Gasteiger partial charge in [0.15, 0.2) is 5.60 Å². The van der Waals surface area contributed by atoms with Crippen LogP contribution >= 0.6 is 0 Å². The third-order valence-corrected chi connectivity index (χ3v) is 6.12. The normalized spacial score (nSPS) is 18.0. The maximum absolute atomic E-state index is 12.2. The molecule has 3 N–H and O–H groups in total. The Balaban J connectivity index is 2.05. The molecule has 2 aromatic carbocycles. The fourth-order valence-corrected chi connectivity index (χ4v) is 4.10. The van der Waals surface area contributed by atoms with E-state index < -0.39 is 5.60 Å². The Morgan fingerprint density at radius 1 is 1.12 bits per heavy atom. The first-order chi connectivity index (χ1) is 15.2. The van der Waals surface area contributed by atoms with Gasteiger partial charge >= 0.3 is 5.97 Å². The van der Waals surface area contributed by atoms with E-state index in [4.69, 9.17) is 15.2 Å². The smallest absolute Gasteiger partial charge is 0.310 e. The van der Waals surface area contributed by atoms with Crippen molar-refractivity contribution in [2.75, 3.05) is 6.61 Å². The standard InChI is InChI=1S/C27H33NO4/c1-6-22-15-23(20-10-8-9-19(13-20)16-28)26(30)27(22,5)32-24-12-18(4)17(3)11-21(24)14-25(29)31-7-2/h8-13,15,30H,6-7,14,16,28H2,1-5H3. The topological polar surface area (TPSA) is 81.8 Å². The van der Waals surface area contributed by atoms with Crippen molar-refractivity contribution in [1.29, 1.82) is 0 Å². The van der Waals surface area contributed by atoms with Gasteiger partial charge in [-0.05, 0) is 80.2 Å². The highest BCUT2D eigenvalue weighted by molar-refractivity contribution is 5.82. The number of carbonyl (C=O) groups is 1. The van der Waals surface area contributed by atoms with Crippen LogP contribution in [0.3, 0.4) is 0 Å². The molecule has 0 heterocycles. The molecule has 1 unspecified atom stereocenters. The number of nitrogens with two attached hydrogens (primary N) is 1. The predicted octanol–water partition coefficient (Wildman–Crippen LogP) is 5.32. The molecule has 5 heteroatoms. The second-order valence-electron chi connectivity index (χ2n) is 8.35. The first kappa shape index (κ1) is 23.6. The molecule has 3 rings (SSSR count). The third-order valence-electron chi connectivity index (χ3n) is 6.12. The van der Waals surface area contributed by atoms with Gasteiger partial charge in [-0.2, -0.15) is 0 Å². The first-order valence-corrected chi connectivity index (χ1v) is 11.1. The Hall–Kier alpha value is -3.05. The van der Waals surface area contributed by atoms with E-state index in [0.717, 1.165) is 39.0 Å². The van der Waals surface area contributed by atoms with Gasteiger partial charge in [0.05, 0.1) is 13.0 Å². The molecule has 5 nitrogen and oxygen atoms in total. The van der Waals surface area contributed by atoms with Gasteiger partial charge in [-0.25, -0.2) is 0 Å². The number of allylic oxidation sites excluding steroid dienone is 2. The van der Waals surface area contributed by atoms with Crippen molar-refractivity contribution in [3.05, 3.63) is 81.6 Å². The van der Waals surface area contributed by atoms with Gasteiger partial charge in [0.1, 0.15) is 11.5 Å². The van der Waals surface area contributed by atoms with E-state index in [2.05, 4.69) is 0 Å². The summed E-state index contributed by atoms with van der Waals surface area (Å²) in [7, 11) is 0. The van der Waals surface area contributed by atoms with E-state index in [1.807, 2.05) is 70.2 Å². The van der Waals surface area contributed by atoms with Crippen LogP contribution in [0, 0.1) is 13.8 Å². The van der Waals surface area contributed by atoms with E-state index >= 15 is 0 Å². The van der Waals surface area contributed by atoms with Crippen molar-refractivity contribution in [2.24, 2.45) is 5.73 Å². The summed E-state index contributed by atoms with van der Waals surface area (Å²) in [6.07, 6.45) is 2.82. The summed E-state index contributed by atoms with van der Waals surface area (Å²) in [4.78, 5) is 12.2. The van der Waals surface area contributed by atoms with Crippen LogP contribution in [-0.2, 0) is 22.5 Å². The Bertz CT molecular complexity index is 1080. The molecule has 170 valence electrons. The lowest BCUT2D eigenvalue weighted by Crippen LogP contribution is -2.35. The predicted molar refractivity (Wildman–Crippen MR) is 128 cm³/mol. The molecule has 2 aromatic rings. The van der Waals surface area contributed by atoms with Crippen LogP contribution in [0.25, 0.3) is 5.57 Å². The fourth-order valence-electron chi connectivity index (χ4n) is 4.10. The van der Waals surface area contributed by atoms with Crippen LogP contribution in [0.4, 0.5) is 0 Å².